The van der Waals surface area contributed by atoms with Crippen LogP contribution in [0.2, 0.25) is 0 Å². The number of hydrogen-bond acceptors (Lipinski definition) is 4. The summed E-state index contributed by atoms with van der Waals surface area (Å²) in [7, 11) is 0. The second-order valence-electron chi connectivity index (χ2n) is 2.10. The summed E-state index contributed by atoms with van der Waals surface area (Å²) in [5.74, 6) is 0.495. The number of nitrogens with two attached hydrogens (primary N) is 1. The molecule has 0 bridgehead atoms. The molecule has 4 nitrogen and oxygen atoms in total. The maximum absolute atomic E-state index is 5.55. The summed E-state index contributed by atoms with van der Waals surface area (Å²) < 4.78 is 7.91. The molecule has 0 saturated carbocycles. The molecule has 0 atom stereocenters. The van der Waals surface area contributed by atoms with Gasteiger partial charge in [-0.2, -0.15) is 8.75 Å². The van der Waals surface area contributed by atoms with Crippen LogP contribution in [0, 0.1) is 0 Å². The monoisotopic (exact) mass is 166 g/mol. The molecule has 2 aromatic heterocycles. The Morgan fingerprint density at radius 2 is 2.36 bits per heavy atom. The quantitative estimate of drug-likeness (QED) is 0.667. The number of anilines is 1. The molecule has 0 fully saturated rings. The van der Waals surface area contributed by atoms with Gasteiger partial charge in [0.25, 0.3) is 0 Å². The SMILES string of the molecule is Nc1nsnc1-c1cc[nH]c1. The van der Waals surface area contributed by atoms with Crippen molar-refractivity contribution in [1.82, 2.24) is 13.7 Å². The van der Waals surface area contributed by atoms with Crippen molar-refractivity contribution in [3.05, 3.63) is 18.5 Å². The third-order valence-electron chi connectivity index (χ3n) is 1.39. The summed E-state index contributed by atoms with van der Waals surface area (Å²) in [6, 6.07) is 1.91. The molecule has 11 heavy (non-hydrogen) atoms. The molecule has 0 aliphatic rings. The number of hydrogen-bond donors (Lipinski definition) is 2. The predicted octanol–water partition coefficient (Wildman–Crippen LogP) is 1.12. The summed E-state index contributed by atoms with van der Waals surface area (Å²) in [5, 5.41) is 0. The molecule has 0 amide bonds. The van der Waals surface area contributed by atoms with Gasteiger partial charge < -0.3 is 10.7 Å². The second kappa shape index (κ2) is 2.35. The number of nitrogen functional groups attached to an aromatic ring is 1. The Morgan fingerprint density at radius 3 is 2.91 bits per heavy atom. The lowest BCUT2D eigenvalue weighted by Gasteiger charge is -1.88. The van der Waals surface area contributed by atoms with Crippen molar-refractivity contribution in [3.8, 4) is 11.3 Å². The van der Waals surface area contributed by atoms with E-state index in [1.165, 1.54) is 0 Å². The fourth-order valence-corrected chi connectivity index (χ4v) is 1.36. The van der Waals surface area contributed by atoms with Crippen LogP contribution in [0.5, 0.6) is 0 Å². The van der Waals surface area contributed by atoms with Crippen LogP contribution < -0.4 is 5.73 Å². The standard InChI is InChI=1S/C6H6N4S/c7-6-5(9-11-10-6)4-1-2-8-3-4/h1-3,8H,(H2,7,10). The third-order valence-corrected chi connectivity index (χ3v) is 1.93. The average Bonchev–Trinajstić information content (AvgIpc) is 2.55. The zero-order valence-electron chi connectivity index (χ0n) is 5.61. The highest BCUT2D eigenvalue weighted by Crippen LogP contribution is 2.21. The van der Waals surface area contributed by atoms with Gasteiger partial charge in [0.2, 0.25) is 0 Å². The van der Waals surface area contributed by atoms with E-state index in [0.717, 1.165) is 23.0 Å². The topological polar surface area (TPSA) is 67.6 Å². The van der Waals surface area contributed by atoms with Crippen molar-refractivity contribution in [2.24, 2.45) is 0 Å². The summed E-state index contributed by atoms with van der Waals surface area (Å²) in [6.07, 6.45) is 3.67. The van der Waals surface area contributed by atoms with Crippen molar-refractivity contribution < 1.29 is 0 Å². The number of aromatic amines is 1. The second-order valence-corrected chi connectivity index (χ2v) is 2.63. The first-order chi connectivity index (χ1) is 5.38. The van der Waals surface area contributed by atoms with E-state index in [0.29, 0.717) is 5.82 Å². The van der Waals surface area contributed by atoms with Crippen LogP contribution in [0.1, 0.15) is 0 Å². The van der Waals surface area contributed by atoms with E-state index in [-0.39, 0.29) is 0 Å². The molecule has 0 spiro atoms. The molecule has 5 heteroatoms. The van der Waals surface area contributed by atoms with Crippen molar-refractivity contribution in [2.45, 2.75) is 0 Å². The van der Waals surface area contributed by atoms with Gasteiger partial charge in [0.05, 0.1) is 11.7 Å². The van der Waals surface area contributed by atoms with Crippen LogP contribution in [-0.4, -0.2) is 13.7 Å². The first-order valence-corrected chi connectivity index (χ1v) is 3.82. The van der Waals surface area contributed by atoms with E-state index in [4.69, 9.17) is 5.73 Å². The molecule has 0 aliphatic heterocycles. The number of H-pyrrole nitrogens is 1. The van der Waals surface area contributed by atoms with Crippen LogP contribution in [0.3, 0.4) is 0 Å². The molecule has 3 N–H and O–H groups in total. The van der Waals surface area contributed by atoms with Crippen LogP contribution >= 0.6 is 11.7 Å². The van der Waals surface area contributed by atoms with E-state index in [9.17, 15) is 0 Å². The van der Waals surface area contributed by atoms with E-state index < -0.39 is 0 Å². The lowest BCUT2D eigenvalue weighted by atomic mass is 10.2. The molecule has 2 heterocycles. The number of nitrogens with one attached hydrogen (secondary N) is 1. The molecule has 0 saturated heterocycles. The van der Waals surface area contributed by atoms with Crippen LogP contribution in [-0.2, 0) is 0 Å². The van der Waals surface area contributed by atoms with Gasteiger partial charge in [0, 0.05) is 18.0 Å². The van der Waals surface area contributed by atoms with Gasteiger partial charge in [0.15, 0.2) is 5.82 Å². The molecular formula is C6H6N4S. The molecule has 0 radical (unpaired) electrons. The molecule has 0 aliphatic carbocycles. The summed E-state index contributed by atoms with van der Waals surface area (Å²) in [5.41, 5.74) is 7.30. The minimum absolute atomic E-state index is 0.495. The average molecular weight is 166 g/mol. The summed E-state index contributed by atoms with van der Waals surface area (Å²) in [6.45, 7) is 0. The first kappa shape index (κ1) is 6.36. The van der Waals surface area contributed by atoms with Gasteiger partial charge in [-0.1, -0.05) is 0 Å². The first-order valence-electron chi connectivity index (χ1n) is 3.09. The van der Waals surface area contributed by atoms with Crippen molar-refractivity contribution in [1.29, 1.82) is 0 Å². The van der Waals surface area contributed by atoms with E-state index in [1.54, 1.807) is 0 Å². The van der Waals surface area contributed by atoms with E-state index in [1.807, 2.05) is 18.5 Å². The number of nitrogens with zero attached hydrogens (tertiary/aromatic N) is 2. The van der Waals surface area contributed by atoms with Gasteiger partial charge in [-0.05, 0) is 6.07 Å². The maximum atomic E-state index is 5.55. The number of aromatic nitrogens is 3. The highest BCUT2D eigenvalue weighted by molar-refractivity contribution is 6.99. The van der Waals surface area contributed by atoms with Gasteiger partial charge in [-0.15, -0.1) is 0 Å². The van der Waals surface area contributed by atoms with E-state index in [2.05, 4.69) is 13.7 Å². The predicted molar refractivity (Wildman–Crippen MR) is 44.1 cm³/mol. The Balaban J connectivity index is 2.53. The van der Waals surface area contributed by atoms with Crippen LogP contribution in [0.25, 0.3) is 11.3 Å². The van der Waals surface area contributed by atoms with Crippen molar-refractivity contribution >= 4 is 17.5 Å². The lowest BCUT2D eigenvalue weighted by molar-refractivity contribution is 1.41. The fourth-order valence-electron chi connectivity index (χ4n) is 0.867. The Kier molecular flexibility index (Phi) is 1.36. The Morgan fingerprint density at radius 1 is 1.45 bits per heavy atom. The zero-order chi connectivity index (χ0) is 7.68. The molecule has 0 aromatic carbocycles. The fraction of sp³-hybridized carbons (Fsp3) is 0. The maximum Gasteiger partial charge on any atom is 0.165 e. The lowest BCUT2D eigenvalue weighted by Crippen LogP contribution is -1.86. The largest absolute Gasteiger partial charge is 0.381 e. The van der Waals surface area contributed by atoms with Gasteiger partial charge in [0.1, 0.15) is 5.69 Å². The molecule has 2 aromatic rings. The van der Waals surface area contributed by atoms with Gasteiger partial charge in [-0.25, -0.2) is 0 Å². The number of rotatable bonds is 1. The van der Waals surface area contributed by atoms with Crippen LogP contribution in [0.15, 0.2) is 18.5 Å². The summed E-state index contributed by atoms with van der Waals surface area (Å²) in [4.78, 5) is 2.93. The van der Waals surface area contributed by atoms with E-state index >= 15 is 0 Å². The molecule has 56 valence electrons. The zero-order valence-corrected chi connectivity index (χ0v) is 6.43. The smallest absolute Gasteiger partial charge is 0.165 e. The molecule has 0 unspecified atom stereocenters. The van der Waals surface area contributed by atoms with Crippen molar-refractivity contribution in [3.63, 3.8) is 0 Å². The van der Waals surface area contributed by atoms with Crippen molar-refractivity contribution in [2.75, 3.05) is 5.73 Å². The van der Waals surface area contributed by atoms with Crippen LogP contribution in [0.4, 0.5) is 5.82 Å². The minimum Gasteiger partial charge on any atom is -0.381 e. The summed E-state index contributed by atoms with van der Waals surface area (Å²) >= 11 is 1.13. The Bertz CT molecular complexity index is 337. The Hall–Kier alpha value is -1.36. The third kappa shape index (κ3) is 0.988. The molecule has 2 rings (SSSR count). The van der Waals surface area contributed by atoms with Gasteiger partial charge >= 0.3 is 0 Å². The molecular weight excluding hydrogens is 160 g/mol. The minimum atomic E-state index is 0.495. The van der Waals surface area contributed by atoms with Gasteiger partial charge in [-0.3, -0.25) is 0 Å². The normalized spacial score (nSPS) is 10.2. The highest BCUT2D eigenvalue weighted by atomic mass is 32.1. The Labute approximate surface area is 67.4 Å². The highest BCUT2D eigenvalue weighted by Gasteiger charge is 2.05.